The normalized spacial score (nSPS) is 13.8. The molecule has 2 aromatic carbocycles. The second-order valence-electron chi connectivity index (χ2n) is 4.72. The maximum absolute atomic E-state index is 10.0. The van der Waals surface area contributed by atoms with Crippen molar-refractivity contribution in [3.05, 3.63) is 64.7 Å². The molecule has 0 heterocycles. The van der Waals surface area contributed by atoms with Gasteiger partial charge in [0.15, 0.2) is 0 Å². The van der Waals surface area contributed by atoms with Crippen LogP contribution in [0.25, 0.3) is 0 Å². The Morgan fingerprint density at radius 3 is 2.45 bits per heavy atom. The number of hydrogen-bond donors (Lipinski definition) is 2. The summed E-state index contributed by atoms with van der Waals surface area (Å²) >= 11 is 6.14. The van der Waals surface area contributed by atoms with Crippen LogP contribution in [0.5, 0.6) is 5.75 Å². The number of aliphatic hydroxyl groups is 1. The summed E-state index contributed by atoms with van der Waals surface area (Å²) in [4.78, 5) is 0. The van der Waals surface area contributed by atoms with Gasteiger partial charge in [-0.25, -0.2) is 0 Å². The highest BCUT2D eigenvalue weighted by molar-refractivity contribution is 6.32. The molecule has 0 saturated carbocycles. The maximum Gasteiger partial charge on any atom is 0.138 e. The van der Waals surface area contributed by atoms with Gasteiger partial charge in [0.2, 0.25) is 0 Å². The zero-order valence-electron chi connectivity index (χ0n) is 11.3. The van der Waals surface area contributed by atoms with Crippen LogP contribution < -0.4 is 10.5 Å². The summed E-state index contributed by atoms with van der Waals surface area (Å²) in [5.41, 5.74) is 7.56. The predicted molar refractivity (Wildman–Crippen MR) is 81.0 cm³/mol. The Balaban J connectivity index is 2.01. The van der Waals surface area contributed by atoms with Gasteiger partial charge in [0.25, 0.3) is 0 Å². The number of rotatable bonds is 5. The zero-order chi connectivity index (χ0) is 14.5. The average Bonchev–Trinajstić information content (AvgIpc) is 2.46. The van der Waals surface area contributed by atoms with Crippen molar-refractivity contribution in [1.29, 1.82) is 0 Å². The topological polar surface area (TPSA) is 55.5 Å². The molecule has 2 atom stereocenters. The van der Waals surface area contributed by atoms with Gasteiger partial charge in [-0.1, -0.05) is 48.0 Å². The van der Waals surface area contributed by atoms with Gasteiger partial charge in [-0.15, -0.1) is 0 Å². The Labute approximate surface area is 123 Å². The van der Waals surface area contributed by atoms with Crippen molar-refractivity contribution in [2.75, 3.05) is 6.61 Å². The molecule has 106 valence electrons. The van der Waals surface area contributed by atoms with Crippen LogP contribution in [-0.4, -0.2) is 11.7 Å². The highest BCUT2D eigenvalue weighted by atomic mass is 35.5. The second kappa shape index (κ2) is 6.75. The van der Waals surface area contributed by atoms with Gasteiger partial charge in [0, 0.05) is 6.04 Å². The van der Waals surface area contributed by atoms with Crippen molar-refractivity contribution in [2.45, 2.75) is 19.1 Å². The minimum absolute atomic E-state index is 0.0727. The molecule has 0 bridgehead atoms. The van der Waals surface area contributed by atoms with Gasteiger partial charge in [-0.3, -0.25) is 0 Å². The van der Waals surface area contributed by atoms with E-state index < -0.39 is 6.10 Å². The Kier molecular flexibility index (Phi) is 5.01. The monoisotopic (exact) mass is 291 g/mol. The SMILES string of the molecule is CC(N)c1ccc(OCC(O)c2ccccc2)c(Cl)c1. The van der Waals surface area contributed by atoms with E-state index in [1.165, 1.54) is 0 Å². The lowest BCUT2D eigenvalue weighted by Crippen LogP contribution is -2.10. The first-order chi connectivity index (χ1) is 9.58. The van der Waals surface area contributed by atoms with Crippen LogP contribution in [0.4, 0.5) is 0 Å². The van der Waals surface area contributed by atoms with E-state index in [0.717, 1.165) is 11.1 Å². The molecule has 2 unspecified atom stereocenters. The van der Waals surface area contributed by atoms with Gasteiger partial charge >= 0.3 is 0 Å². The summed E-state index contributed by atoms with van der Waals surface area (Å²) in [6.07, 6.45) is -0.680. The van der Waals surface area contributed by atoms with Gasteiger partial charge < -0.3 is 15.6 Å². The van der Waals surface area contributed by atoms with Gasteiger partial charge in [0.1, 0.15) is 18.5 Å². The number of hydrogen-bond acceptors (Lipinski definition) is 3. The standard InChI is InChI=1S/C16H18ClNO2/c1-11(18)13-7-8-16(14(17)9-13)20-10-15(19)12-5-3-2-4-6-12/h2-9,11,15,19H,10,18H2,1H3. The smallest absolute Gasteiger partial charge is 0.138 e. The van der Waals surface area contributed by atoms with Crippen LogP contribution in [-0.2, 0) is 0 Å². The highest BCUT2D eigenvalue weighted by Gasteiger charge is 2.10. The first kappa shape index (κ1) is 14.9. The van der Waals surface area contributed by atoms with E-state index in [0.29, 0.717) is 10.8 Å². The molecule has 0 aliphatic heterocycles. The first-order valence-electron chi connectivity index (χ1n) is 6.48. The van der Waals surface area contributed by atoms with E-state index in [2.05, 4.69) is 0 Å². The quantitative estimate of drug-likeness (QED) is 0.887. The molecular formula is C16H18ClNO2. The van der Waals surface area contributed by atoms with E-state index in [9.17, 15) is 5.11 Å². The van der Waals surface area contributed by atoms with Crippen molar-refractivity contribution in [1.82, 2.24) is 0 Å². The Morgan fingerprint density at radius 1 is 1.15 bits per heavy atom. The average molecular weight is 292 g/mol. The van der Waals surface area contributed by atoms with Crippen LogP contribution >= 0.6 is 11.6 Å². The summed E-state index contributed by atoms with van der Waals surface area (Å²) in [6, 6.07) is 14.7. The van der Waals surface area contributed by atoms with E-state index in [1.807, 2.05) is 43.3 Å². The molecule has 0 spiro atoms. The fourth-order valence-electron chi connectivity index (χ4n) is 1.86. The molecule has 4 heteroatoms. The van der Waals surface area contributed by atoms with Gasteiger partial charge in [0.05, 0.1) is 5.02 Å². The second-order valence-corrected chi connectivity index (χ2v) is 5.12. The fourth-order valence-corrected chi connectivity index (χ4v) is 2.10. The maximum atomic E-state index is 10.0. The largest absolute Gasteiger partial charge is 0.489 e. The Morgan fingerprint density at radius 2 is 1.85 bits per heavy atom. The number of aliphatic hydroxyl groups excluding tert-OH is 1. The molecule has 0 aromatic heterocycles. The van der Waals surface area contributed by atoms with E-state index >= 15 is 0 Å². The third-order valence-corrected chi connectivity index (χ3v) is 3.36. The van der Waals surface area contributed by atoms with Crippen LogP contribution in [0.3, 0.4) is 0 Å². The summed E-state index contributed by atoms with van der Waals surface area (Å²) in [7, 11) is 0. The lowest BCUT2D eigenvalue weighted by Gasteiger charge is -2.14. The predicted octanol–water partition coefficient (Wildman–Crippen LogP) is 3.47. The number of ether oxygens (including phenoxy) is 1. The van der Waals surface area contributed by atoms with Crippen LogP contribution in [0.15, 0.2) is 48.5 Å². The van der Waals surface area contributed by atoms with Crippen molar-refractivity contribution >= 4 is 11.6 Å². The molecule has 3 nitrogen and oxygen atoms in total. The molecule has 0 aliphatic rings. The highest BCUT2D eigenvalue weighted by Crippen LogP contribution is 2.28. The molecule has 2 aromatic rings. The summed E-state index contributed by atoms with van der Waals surface area (Å²) < 4.78 is 5.56. The van der Waals surface area contributed by atoms with Crippen molar-refractivity contribution in [2.24, 2.45) is 5.73 Å². The van der Waals surface area contributed by atoms with Gasteiger partial charge in [-0.2, -0.15) is 0 Å². The van der Waals surface area contributed by atoms with Crippen molar-refractivity contribution in [3.63, 3.8) is 0 Å². The van der Waals surface area contributed by atoms with Crippen molar-refractivity contribution in [3.8, 4) is 5.75 Å². The number of nitrogens with two attached hydrogens (primary N) is 1. The molecule has 0 radical (unpaired) electrons. The number of halogens is 1. The molecule has 0 fully saturated rings. The molecule has 3 N–H and O–H groups in total. The van der Waals surface area contributed by atoms with E-state index in [4.69, 9.17) is 22.1 Å². The number of benzene rings is 2. The summed E-state index contributed by atoms with van der Waals surface area (Å²) in [5, 5.41) is 10.5. The lowest BCUT2D eigenvalue weighted by molar-refractivity contribution is 0.108. The molecule has 0 aliphatic carbocycles. The molecule has 0 amide bonds. The van der Waals surface area contributed by atoms with Crippen molar-refractivity contribution < 1.29 is 9.84 Å². The minimum Gasteiger partial charge on any atom is -0.489 e. The molecular weight excluding hydrogens is 274 g/mol. The third kappa shape index (κ3) is 3.73. The Bertz CT molecular complexity index is 558. The van der Waals surface area contributed by atoms with E-state index in [1.54, 1.807) is 12.1 Å². The van der Waals surface area contributed by atoms with Crippen LogP contribution in [0, 0.1) is 0 Å². The molecule has 20 heavy (non-hydrogen) atoms. The Hall–Kier alpha value is -1.55. The molecule has 2 rings (SSSR count). The fraction of sp³-hybridized carbons (Fsp3) is 0.250. The van der Waals surface area contributed by atoms with Crippen LogP contribution in [0.2, 0.25) is 5.02 Å². The first-order valence-corrected chi connectivity index (χ1v) is 6.86. The van der Waals surface area contributed by atoms with E-state index in [-0.39, 0.29) is 12.6 Å². The molecule has 0 saturated heterocycles. The lowest BCUT2D eigenvalue weighted by atomic mass is 10.1. The summed E-state index contributed by atoms with van der Waals surface area (Å²) in [6.45, 7) is 2.05. The van der Waals surface area contributed by atoms with Crippen LogP contribution in [0.1, 0.15) is 30.2 Å². The van der Waals surface area contributed by atoms with Gasteiger partial charge in [-0.05, 0) is 30.2 Å². The minimum atomic E-state index is -0.680. The zero-order valence-corrected chi connectivity index (χ0v) is 12.0. The summed E-state index contributed by atoms with van der Waals surface area (Å²) in [5.74, 6) is 0.547. The third-order valence-electron chi connectivity index (χ3n) is 3.06.